The van der Waals surface area contributed by atoms with E-state index in [-0.39, 0.29) is 5.24 Å². The average molecular weight is 292 g/mol. The van der Waals surface area contributed by atoms with Gasteiger partial charge in [0.1, 0.15) is 5.76 Å². The number of rotatable bonds is 5. The molecule has 0 saturated heterocycles. The molecule has 1 N–H and O–H groups in total. The summed E-state index contributed by atoms with van der Waals surface area (Å²) < 4.78 is 5.04. The minimum absolute atomic E-state index is 0.205. The van der Waals surface area contributed by atoms with Crippen molar-refractivity contribution in [2.24, 2.45) is 5.10 Å². The standard InChI is InChI=1S/C13H12N2O2S2/c16-13(15-14-9-12-7-4-8-17-12)19-18-10-11-5-2-1-3-6-11/h1-9H,10H2,(H,15,16)/b14-9+. The largest absolute Gasteiger partial charge is 0.463 e. The van der Waals surface area contributed by atoms with Gasteiger partial charge in [-0.2, -0.15) is 5.10 Å². The van der Waals surface area contributed by atoms with Gasteiger partial charge in [-0.3, -0.25) is 4.79 Å². The first-order valence-electron chi connectivity index (χ1n) is 5.54. The molecule has 1 amide bonds. The maximum absolute atomic E-state index is 11.4. The molecule has 0 bridgehead atoms. The van der Waals surface area contributed by atoms with Gasteiger partial charge in [-0.1, -0.05) is 41.1 Å². The molecule has 0 spiro atoms. The summed E-state index contributed by atoms with van der Waals surface area (Å²) in [5, 5.41) is 3.58. The lowest BCUT2D eigenvalue weighted by atomic mass is 10.2. The summed E-state index contributed by atoms with van der Waals surface area (Å²) in [6, 6.07) is 13.5. The van der Waals surface area contributed by atoms with E-state index < -0.39 is 0 Å². The minimum atomic E-state index is -0.205. The van der Waals surface area contributed by atoms with Gasteiger partial charge in [0.25, 0.3) is 0 Å². The number of amides is 1. The molecular weight excluding hydrogens is 280 g/mol. The van der Waals surface area contributed by atoms with Crippen molar-refractivity contribution in [1.82, 2.24) is 5.43 Å². The van der Waals surface area contributed by atoms with E-state index in [0.29, 0.717) is 5.76 Å². The van der Waals surface area contributed by atoms with Gasteiger partial charge in [0.15, 0.2) is 0 Å². The van der Waals surface area contributed by atoms with Crippen molar-refractivity contribution in [1.29, 1.82) is 0 Å². The highest BCUT2D eigenvalue weighted by molar-refractivity contribution is 8.81. The Morgan fingerprint density at radius 1 is 1.26 bits per heavy atom. The van der Waals surface area contributed by atoms with Crippen LogP contribution in [0.4, 0.5) is 4.79 Å². The fourth-order valence-corrected chi connectivity index (χ4v) is 2.86. The van der Waals surface area contributed by atoms with Gasteiger partial charge < -0.3 is 4.42 Å². The number of hydrogen-bond donors (Lipinski definition) is 1. The van der Waals surface area contributed by atoms with Gasteiger partial charge in [-0.25, -0.2) is 5.43 Å². The first-order valence-corrected chi connectivity index (χ1v) is 7.86. The van der Waals surface area contributed by atoms with E-state index in [4.69, 9.17) is 4.42 Å². The van der Waals surface area contributed by atoms with Crippen LogP contribution in [0.3, 0.4) is 0 Å². The second kappa shape index (κ2) is 7.70. The third kappa shape index (κ3) is 5.23. The Hall–Kier alpha value is -1.66. The first kappa shape index (κ1) is 13.8. The van der Waals surface area contributed by atoms with Crippen LogP contribution < -0.4 is 5.43 Å². The molecule has 0 radical (unpaired) electrons. The van der Waals surface area contributed by atoms with E-state index in [1.807, 2.05) is 30.3 Å². The molecular formula is C13H12N2O2S2. The lowest BCUT2D eigenvalue weighted by Crippen LogP contribution is -2.10. The van der Waals surface area contributed by atoms with Gasteiger partial charge in [0.2, 0.25) is 0 Å². The lowest BCUT2D eigenvalue weighted by Gasteiger charge is -1.99. The number of nitrogens with one attached hydrogen (secondary N) is 1. The van der Waals surface area contributed by atoms with Crippen molar-refractivity contribution in [3.8, 4) is 0 Å². The summed E-state index contributed by atoms with van der Waals surface area (Å²) in [7, 11) is 2.60. The van der Waals surface area contributed by atoms with Crippen molar-refractivity contribution in [2.45, 2.75) is 5.75 Å². The van der Waals surface area contributed by atoms with Crippen molar-refractivity contribution >= 4 is 33.0 Å². The smallest absolute Gasteiger partial charge is 0.309 e. The summed E-state index contributed by atoms with van der Waals surface area (Å²) in [4.78, 5) is 11.4. The third-order valence-corrected chi connectivity index (χ3v) is 4.07. The van der Waals surface area contributed by atoms with Gasteiger partial charge >= 0.3 is 5.24 Å². The molecule has 0 aliphatic carbocycles. The van der Waals surface area contributed by atoms with Crippen LogP contribution >= 0.6 is 21.6 Å². The highest BCUT2D eigenvalue weighted by Crippen LogP contribution is 2.26. The molecule has 6 heteroatoms. The van der Waals surface area contributed by atoms with Crippen molar-refractivity contribution < 1.29 is 9.21 Å². The molecule has 4 nitrogen and oxygen atoms in total. The molecule has 0 unspecified atom stereocenters. The third-order valence-electron chi connectivity index (χ3n) is 2.09. The highest BCUT2D eigenvalue weighted by atomic mass is 33.1. The van der Waals surface area contributed by atoms with E-state index in [9.17, 15) is 4.79 Å². The number of furan rings is 1. The summed E-state index contributed by atoms with van der Waals surface area (Å²) >= 11 is 0. The van der Waals surface area contributed by atoms with Crippen molar-refractivity contribution in [3.63, 3.8) is 0 Å². The monoisotopic (exact) mass is 292 g/mol. The maximum Gasteiger partial charge on any atom is 0.309 e. The second-order valence-electron chi connectivity index (χ2n) is 3.50. The molecule has 19 heavy (non-hydrogen) atoms. The minimum Gasteiger partial charge on any atom is -0.463 e. The molecule has 2 aromatic rings. The van der Waals surface area contributed by atoms with Crippen LogP contribution in [-0.2, 0) is 5.75 Å². The molecule has 98 valence electrons. The molecule has 2 rings (SSSR count). The number of hydrazone groups is 1. The highest BCUT2D eigenvalue weighted by Gasteiger charge is 2.01. The summed E-state index contributed by atoms with van der Waals surface area (Å²) in [5.41, 5.74) is 3.61. The summed E-state index contributed by atoms with van der Waals surface area (Å²) in [5.74, 6) is 1.38. The van der Waals surface area contributed by atoms with Crippen LogP contribution in [0.15, 0.2) is 58.2 Å². The van der Waals surface area contributed by atoms with Gasteiger partial charge in [-0.15, -0.1) is 0 Å². The topological polar surface area (TPSA) is 54.6 Å². The van der Waals surface area contributed by atoms with E-state index >= 15 is 0 Å². The van der Waals surface area contributed by atoms with Gasteiger partial charge in [-0.05, 0) is 17.7 Å². The molecule has 0 saturated carbocycles. The van der Waals surface area contributed by atoms with Crippen molar-refractivity contribution in [3.05, 3.63) is 60.1 Å². The SMILES string of the molecule is O=C(N/N=C/c1ccco1)SSCc1ccccc1. The maximum atomic E-state index is 11.4. The molecule has 1 heterocycles. The summed E-state index contributed by atoms with van der Waals surface area (Å²) in [6.45, 7) is 0. The Morgan fingerprint density at radius 3 is 2.84 bits per heavy atom. The Morgan fingerprint density at radius 2 is 2.11 bits per heavy atom. The lowest BCUT2D eigenvalue weighted by molar-refractivity contribution is 0.261. The van der Waals surface area contributed by atoms with E-state index in [1.54, 1.807) is 18.4 Å². The Balaban J connectivity index is 1.65. The predicted molar refractivity (Wildman–Crippen MR) is 80.2 cm³/mol. The Labute approximate surface area is 119 Å². The van der Waals surface area contributed by atoms with Crippen LogP contribution in [-0.4, -0.2) is 11.5 Å². The second-order valence-corrected chi connectivity index (χ2v) is 5.77. The molecule has 1 aromatic heterocycles. The van der Waals surface area contributed by atoms with Crippen LogP contribution in [0.2, 0.25) is 0 Å². The molecule has 0 aliphatic rings. The number of carbonyl (C=O) groups excluding carboxylic acids is 1. The Kier molecular flexibility index (Phi) is 5.58. The number of nitrogens with zero attached hydrogens (tertiary/aromatic N) is 1. The molecule has 0 fully saturated rings. The van der Waals surface area contributed by atoms with Gasteiger partial charge in [0, 0.05) is 16.5 Å². The fraction of sp³-hybridized carbons (Fsp3) is 0.0769. The van der Waals surface area contributed by atoms with Crippen LogP contribution in [0.5, 0.6) is 0 Å². The average Bonchev–Trinajstić information content (AvgIpc) is 2.93. The zero-order valence-corrected chi connectivity index (χ0v) is 11.6. The van der Waals surface area contributed by atoms with Crippen LogP contribution in [0, 0.1) is 0 Å². The predicted octanol–water partition coefficient (Wildman–Crippen LogP) is 3.90. The molecule has 0 atom stereocenters. The van der Waals surface area contributed by atoms with Gasteiger partial charge in [0.05, 0.1) is 12.5 Å². The number of carbonyl (C=O) groups is 1. The van der Waals surface area contributed by atoms with Crippen molar-refractivity contribution in [2.75, 3.05) is 0 Å². The fourth-order valence-electron chi connectivity index (χ4n) is 1.26. The van der Waals surface area contributed by atoms with E-state index in [2.05, 4.69) is 10.5 Å². The zero-order valence-electron chi connectivity index (χ0n) is 9.98. The normalized spacial score (nSPS) is 10.7. The number of hydrogen-bond acceptors (Lipinski definition) is 5. The first-order chi connectivity index (χ1) is 9.34. The quantitative estimate of drug-likeness (QED) is 0.516. The van der Waals surface area contributed by atoms with Crippen LogP contribution in [0.25, 0.3) is 0 Å². The zero-order chi connectivity index (χ0) is 13.3. The molecule has 1 aromatic carbocycles. The van der Waals surface area contributed by atoms with E-state index in [0.717, 1.165) is 16.5 Å². The van der Waals surface area contributed by atoms with Crippen LogP contribution in [0.1, 0.15) is 11.3 Å². The number of benzene rings is 1. The molecule has 0 aliphatic heterocycles. The Bertz CT molecular complexity index is 527. The van der Waals surface area contributed by atoms with E-state index in [1.165, 1.54) is 22.6 Å². The summed E-state index contributed by atoms with van der Waals surface area (Å²) in [6.07, 6.45) is 3.01.